The molecule has 0 N–H and O–H groups in total. The Hall–Kier alpha value is -2.93. The molecule has 0 aliphatic heterocycles. The summed E-state index contributed by atoms with van der Waals surface area (Å²) in [5.74, 6) is 0. The van der Waals surface area contributed by atoms with E-state index in [2.05, 4.69) is 103 Å². The van der Waals surface area contributed by atoms with E-state index in [1.807, 2.05) is 12.1 Å². The van der Waals surface area contributed by atoms with Gasteiger partial charge in [-0.3, -0.25) is 0 Å². The van der Waals surface area contributed by atoms with Gasteiger partial charge in [-0.25, -0.2) is 4.57 Å². The van der Waals surface area contributed by atoms with Gasteiger partial charge in [0.15, 0.2) is 6.20 Å². The van der Waals surface area contributed by atoms with Gasteiger partial charge in [0.2, 0.25) is 5.69 Å². The van der Waals surface area contributed by atoms with Gasteiger partial charge in [0.05, 0.1) is 0 Å². The van der Waals surface area contributed by atoms with Crippen LogP contribution in [0, 0.1) is 0 Å². The summed E-state index contributed by atoms with van der Waals surface area (Å²) in [6.45, 7) is 0. The lowest BCUT2D eigenvalue weighted by Gasteiger charge is -1.98. The molecular formula is C22H20N+. The lowest BCUT2D eigenvalue weighted by Crippen LogP contribution is -2.30. The average molecular weight is 298 g/mol. The van der Waals surface area contributed by atoms with E-state index in [9.17, 15) is 0 Å². The van der Waals surface area contributed by atoms with Crippen LogP contribution in [-0.2, 0) is 7.05 Å². The molecule has 0 bridgehead atoms. The Bertz CT molecular complexity index is 815. The topological polar surface area (TPSA) is 3.88 Å². The number of nitrogens with zero attached hydrogens (tertiary/aromatic N) is 1. The third kappa shape index (κ3) is 4.27. The smallest absolute Gasteiger partial charge is 0.201 e. The van der Waals surface area contributed by atoms with Crippen molar-refractivity contribution in [2.24, 2.45) is 7.05 Å². The minimum atomic E-state index is 1.17. The summed E-state index contributed by atoms with van der Waals surface area (Å²) in [7, 11) is 2.06. The zero-order valence-corrected chi connectivity index (χ0v) is 13.3. The fourth-order valence-electron chi connectivity index (χ4n) is 2.38. The van der Waals surface area contributed by atoms with E-state index in [4.69, 9.17) is 0 Å². The molecule has 0 fully saturated rings. The Morgan fingerprint density at radius 2 is 1.13 bits per heavy atom. The Labute approximate surface area is 137 Å². The minimum Gasteiger partial charge on any atom is -0.201 e. The van der Waals surface area contributed by atoms with Crippen LogP contribution in [0.25, 0.3) is 24.3 Å². The molecule has 1 nitrogen and oxygen atoms in total. The molecule has 0 saturated heterocycles. The quantitative estimate of drug-likeness (QED) is 0.606. The molecule has 0 radical (unpaired) electrons. The lowest BCUT2D eigenvalue weighted by molar-refractivity contribution is -0.673. The molecular weight excluding hydrogens is 278 g/mol. The molecule has 3 aromatic rings. The molecule has 0 amide bonds. The largest absolute Gasteiger partial charge is 0.205 e. The van der Waals surface area contributed by atoms with E-state index in [1.54, 1.807) is 0 Å². The fourth-order valence-corrected chi connectivity index (χ4v) is 2.38. The van der Waals surface area contributed by atoms with Crippen LogP contribution in [0.2, 0.25) is 0 Å². The van der Waals surface area contributed by atoms with E-state index < -0.39 is 0 Å². The van der Waals surface area contributed by atoms with Gasteiger partial charge in [0, 0.05) is 18.2 Å². The average Bonchev–Trinajstić information content (AvgIpc) is 2.62. The Balaban J connectivity index is 1.82. The van der Waals surface area contributed by atoms with Crippen molar-refractivity contribution < 1.29 is 4.57 Å². The molecule has 1 aromatic heterocycles. The van der Waals surface area contributed by atoms with Crippen molar-refractivity contribution in [3.63, 3.8) is 0 Å². The second-order valence-electron chi connectivity index (χ2n) is 5.48. The molecule has 0 spiro atoms. The minimum absolute atomic E-state index is 1.17. The van der Waals surface area contributed by atoms with Crippen LogP contribution >= 0.6 is 0 Å². The van der Waals surface area contributed by atoms with Crippen LogP contribution in [0.3, 0.4) is 0 Å². The third-order valence-electron chi connectivity index (χ3n) is 3.73. The molecule has 0 unspecified atom stereocenters. The molecule has 3 rings (SSSR count). The number of benzene rings is 2. The second-order valence-corrected chi connectivity index (χ2v) is 5.48. The number of hydrogen-bond donors (Lipinski definition) is 0. The highest BCUT2D eigenvalue weighted by atomic mass is 14.9. The molecule has 23 heavy (non-hydrogen) atoms. The fraction of sp³-hybridized carbons (Fsp3) is 0.0455. The molecule has 0 aliphatic rings. The highest BCUT2D eigenvalue weighted by molar-refractivity contribution is 5.72. The maximum atomic E-state index is 2.19. The van der Waals surface area contributed by atoms with E-state index in [1.165, 1.54) is 22.4 Å². The van der Waals surface area contributed by atoms with Crippen LogP contribution in [0.15, 0.2) is 79.0 Å². The van der Waals surface area contributed by atoms with Gasteiger partial charge in [-0.1, -0.05) is 72.8 Å². The number of hydrogen-bond acceptors (Lipinski definition) is 0. The summed E-state index contributed by atoms with van der Waals surface area (Å²) < 4.78 is 2.12. The normalized spacial score (nSPS) is 11.3. The predicted octanol–water partition coefficient (Wildman–Crippen LogP) is 4.85. The first-order valence-corrected chi connectivity index (χ1v) is 7.77. The van der Waals surface area contributed by atoms with Gasteiger partial charge in [-0.2, -0.15) is 0 Å². The van der Waals surface area contributed by atoms with Crippen LogP contribution in [-0.4, -0.2) is 0 Å². The van der Waals surface area contributed by atoms with E-state index in [-0.39, 0.29) is 0 Å². The first-order valence-electron chi connectivity index (χ1n) is 7.77. The number of pyridine rings is 1. The Kier molecular flexibility index (Phi) is 4.80. The van der Waals surface area contributed by atoms with Crippen molar-refractivity contribution in [1.82, 2.24) is 0 Å². The highest BCUT2D eigenvalue weighted by Gasteiger charge is 2.02. The van der Waals surface area contributed by atoms with E-state index >= 15 is 0 Å². The molecule has 1 heterocycles. The summed E-state index contributed by atoms with van der Waals surface area (Å²) in [5.41, 5.74) is 4.78. The molecule has 1 heteroatoms. The van der Waals surface area contributed by atoms with Gasteiger partial charge >= 0.3 is 0 Å². The summed E-state index contributed by atoms with van der Waals surface area (Å²) >= 11 is 0. The van der Waals surface area contributed by atoms with Gasteiger partial charge in [-0.15, -0.1) is 0 Å². The molecule has 0 atom stereocenters. The summed E-state index contributed by atoms with van der Waals surface area (Å²) in [6.07, 6.45) is 10.7. The predicted molar refractivity (Wildman–Crippen MR) is 98.4 cm³/mol. The summed E-state index contributed by atoms with van der Waals surface area (Å²) in [6, 6.07) is 25.0. The SMILES string of the molecule is C[n+]1ccc(/C=C/c2ccccc2)cc1/C=C/c1ccccc1. The van der Waals surface area contributed by atoms with Crippen molar-refractivity contribution in [2.75, 3.05) is 0 Å². The highest BCUT2D eigenvalue weighted by Crippen LogP contribution is 2.10. The zero-order valence-electron chi connectivity index (χ0n) is 13.3. The van der Waals surface area contributed by atoms with Crippen LogP contribution in [0.4, 0.5) is 0 Å². The lowest BCUT2D eigenvalue weighted by atomic mass is 10.1. The number of aromatic nitrogens is 1. The van der Waals surface area contributed by atoms with Gasteiger partial charge in [-0.05, 0) is 22.8 Å². The molecule has 112 valence electrons. The first-order chi connectivity index (χ1) is 11.3. The van der Waals surface area contributed by atoms with Crippen molar-refractivity contribution in [1.29, 1.82) is 0 Å². The maximum Gasteiger partial charge on any atom is 0.205 e. The summed E-state index contributed by atoms with van der Waals surface area (Å²) in [4.78, 5) is 0. The zero-order chi connectivity index (χ0) is 15.9. The first kappa shape index (κ1) is 15.0. The van der Waals surface area contributed by atoms with Gasteiger partial charge in [0.1, 0.15) is 7.05 Å². The van der Waals surface area contributed by atoms with Crippen LogP contribution in [0.5, 0.6) is 0 Å². The van der Waals surface area contributed by atoms with Crippen molar-refractivity contribution in [3.8, 4) is 0 Å². The number of rotatable bonds is 4. The maximum absolute atomic E-state index is 2.19. The Morgan fingerprint density at radius 3 is 1.74 bits per heavy atom. The molecule has 0 aliphatic carbocycles. The molecule has 2 aromatic carbocycles. The van der Waals surface area contributed by atoms with E-state index in [0.29, 0.717) is 0 Å². The monoisotopic (exact) mass is 298 g/mol. The Morgan fingerprint density at radius 1 is 0.609 bits per heavy atom. The second kappa shape index (κ2) is 7.37. The van der Waals surface area contributed by atoms with Gasteiger partial charge in [0.25, 0.3) is 0 Å². The van der Waals surface area contributed by atoms with Gasteiger partial charge < -0.3 is 0 Å². The van der Waals surface area contributed by atoms with Crippen molar-refractivity contribution in [2.45, 2.75) is 0 Å². The third-order valence-corrected chi connectivity index (χ3v) is 3.73. The standard InChI is InChI=1S/C22H20N/c1-23-17-16-21(13-12-19-8-4-2-5-9-19)18-22(23)15-14-20-10-6-3-7-11-20/h2-18H,1H3/q+1/b13-12+,15-14+. The van der Waals surface area contributed by atoms with Crippen LogP contribution < -0.4 is 4.57 Å². The van der Waals surface area contributed by atoms with Crippen molar-refractivity contribution in [3.05, 3.63) is 101 Å². The molecule has 0 saturated carbocycles. The number of aryl methyl sites for hydroxylation is 1. The van der Waals surface area contributed by atoms with E-state index in [0.717, 1.165) is 0 Å². The summed E-state index contributed by atoms with van der Waals surface area (Å²) in [5, 5.41) is 0. The van der Waals surface area contributed by atoms with Crippen LogP contribution in [0.1, 0.15) is 22.4 Å². The van der Waals surface area contributed by atoms with Crippen molar-refractivity contribution >= 4 is 24.3 Å².